The molecule has 0 fully saturated rings. The number of carbonyl (C=O) groups is 1. The molecule has 36 heavy (non-hydrogen) atoms. The Hall–Kier alpha value is -3.51. The van der Waals surface area contributed by atoms with Gasteiger partial charge in [0.25, 0.3) is 0 Å². The molecule has 0 radical (unpaired) electrons. The van der Waals surface area contributed by atoms with Crippen LogP contribution in [0.2, 0.25) is 0 Å². The van der Waals surface area contributed by atoms with Gasteiger partial charge in [-0.05, 0) is 46.1 Å². The van der Waals surface area contributed by atoms with E-state index < -0.39 is 46.2 Å². The van der Waals surface area contributed by atoms with Crippen LogP contribution in [-0.4, -0.2) is 59.4 Å². The summed E-state index contributed by atoms with van der Waals surface area (Å²) in [4.78, 5) is 18.9. The summed E-state index contributed by atoms with van der Waals surface area (Å²) in [6.07, 6.45) is 1.51. The van der Waals surface area contributed by atoms with E-state index in [9.17, 15) is 4.79 Å². The molecule has 12 heteroatoms. The number of benzene rings is 2. The number of halogens is 4. The first-order valence-corrected chi connectivity index (χ1v) is 11.9. The standard InChI is InChI=1S/C24H23F4N5O2S/c1-4-35-23(34)13-12-30-33(24-31-14-8-5-6-9-15(14)36-24)22(13)16-17(25)19(27)21(20(28)18(16)26)29-10-7-11-32(2)3/h5-6,8-9,12,29H,4,7,10-11H2,1-3H3. The van der Waals surface area contributed by atoms with Crippen molar-refractivity contribution < 1.29 is 27.1 Å². The van der Waals surface area contributed by atoms with Crippen LogP contribution in [0.3, 0.4) is 0 Å². The molecule has 2 heterocycles. The van der Waals surface area contributed by atoms with Crippen molar-refractivity contribution in [2.45, 2.75) is 13.3 Å². The fourth-order valence-corrected chi connectivity index (χ4v) is 4.58. The summed E-state index contributed by atoms with van der Waals surface area (Å²) in [5.74, 6) is -7.51. The van der Waals surface area contributed by atoms with E-state index in [4.69, 9.17) is 4.74 Å². The monoisotopic (exact) mass is 521 g/mol. The van der Waals surface area contributed by atoms with E-state index >= 15 is 17.6 Å². The minimum atomic E-state index is -1.67. The minimum absolute atomic E-state index is 0.0336. The Morgan fingerprint density at radius 3 is 2.44 bits per heavy atom. The van der Waals surface area contributed by atoms with Gasteiger partial charge in [-0.3, -0.25) is 0 Å². The molecule has 0 unspecified atom stereocenters. The topological polar surface area (TPSA) is 72.3 Å². The zero-order chi connectivity index (χ0) is 26.0. The molecule has 7 nitrogen and oxygen atoms in total. The molecule has 0 atom stereocenters. The molecule has 0 bridgehead atoms. The first-order chi connectivity index (χ1) is 17.2. The summed E-state index contributed by atoms with van der Waals surface area (Å²) in [5, 5.41) is 6.64. The molecule has 0 spiro atoms. The van der Waals surface area contributed by atoms with Crippen molar-refractivity contribution in [2.75, 3.05) is 39.1 Å². The maximum absolute atomic E-state index is 15.4. The number of hydrogen-bond donors (Lipinski definition) is 1. The van der Waals surface area contributed by atoms with Gasteiger partial charge in [-0.25, -0.2) is 32.0 Å². The van der Waals surface area contributed by atoms with Gasteiger partial charge in [0, 0.05) is 6.54 Å². The van der Waals surface area contributed by atoms with E-state index in [1.165, 1.54) is 0 Å². The lowest BCUT2D eigenvalue weighted by Crippen LogP contribution is -2.18. The third-order valence-electron chi connectivity index (χ3n) is 5.31. The summed E-state index contributed by atoms with van der Waals surface area (Å²) >= 11 is 1.13. The largest absolute Gasteiger partial charge is 0.462 e. The number of anilines is 1. The SMILES string of the molecule is CCOC(=O)c1cnn(-c2nc3ccccc3s2)c1-c1c(F)c(F)c(NCCCN(C)C)c(F)c1F. The van der Waals surface area contributed by atoms with Gasteiger partial charge in [-0.2, -0.15) is 5.10 Å². The zero-order valence-electron chi connectivity index (χ0n) is 19.7. The van der Waals surface area contributed by atoms with Crippen LogP contribution in [0, 0.1) is 23.3 Å². The molecule has 4 rings (SSSR count). The number of nitrogens with one attached hydrogen (secondary N) is 1. The highest BCUT2D eigenvalue weighted by Crippen LogP contribution is 2.38. The summed E-state index contributed by atoms with van der Waals surface area (Å²) in [5.41, 5.74) is -2.29. The van der Waals surface area contributed by atoms with Crippen LogP contribution in [0.15, 0.2) is 30.5 Å². The van der Waals surface area contributed by atoms with Crippen molar-refractivity contribution in [3.63, 3.8) is 0 Å². The third-order valence-corrected chi connectivity index (χ3v) is 6.32. The predicted octanol–water partition coefficient (Wildman–Crippen LogP) is 5.25. The van der Waals surface area contributed by atoms with E-state index in [0.29, 0.717) is 18.5 Å². The Labute approximate surface area is 208 Å². The van der Waals surface area contributed by atoms with Crippen molar-refractivity contribution in [3.8, 4) is 16.4 Å². The second-order valence-electron chi connectivity index (χ2n) is 8.09. The van der Waals surface area contributed by atoms with Crippen molar-refractivity contribution in [1.82, 2.24) is 19.7 Å². The lowest BCUT2D eigenvalue weighted by molar-refractivity contribution is 0.0527. The number of hydrogen-bond acceptors (Lipinski definition) is 7. The van der Waals surface area contributed by atoms with Crippen LogP contribution in [0.4, 0.5) is 23.2 Å². The van der Waals surface area contributed by atoms with Crippen molar-refractivity contribution in [2.24, 2.45) is 0 Å². The minimum Gasteiger partial charge on any atom is -0.462 e. The molecule has 0 saturated carbocycles. The molecular weight excluding hydrogens is 498 g/mol. The van der Waals surface area contributed by atoms with Gasteiger partial charge in [0.05, 0.1) is 34.3 Å². The molecule has 0 amide bonds. The van der Waals surface area contributed by atoms with Crippen LogP contribution in [-0.2, 0) is 4.74 Å². The van der Waals surface area contributed by atoms with Crippen molar-refractivity contribution >= 4 is 33.2 Å². The van der Waals surface area contributed by atoms with E-state index in [1.54, 1.807) is 31.2 Å². The number of rotatable bonds is 9. The highest BCUT2D eigenvalue weighted by atomic mass is 32.1. The maximum atomic E-state index is 15.4. The molecule has 4 aromatic rings. The van der Waals surface area contributed by atoms with Gasteiger partial charge in [0.1, 0.15) is 11.3 Å². The van der Waals surface area contributed by atoms with Gasteiger partial charge < -0.3 is 15.0 Å². The first-order valence-electron chi connectivity index (χ1n) is 11.1. The van der Waals surface area contributed by atoms with Gasteiger partial charge in [0.15, 0.2) is 23.3 Å². The Bertz CT molecular complexity index is 1360. The van der Waals surface area contributed by atoms with Crippen molar-refractivity contribution in [3.05, 3.63) is 59.3 Å². The number of thiazole rings is 1. The van der Waals surface area contributed by atoms with E-state index in [1.807, 2.05) is 19.0 Å². The highest BCUT2D eigenvalue weighted by molar-refractivity contribution is 7.20. The Morgan fingerprint density at radius 2 is 1.81 bits per heavy atom. The first kappa shape index (κ1) is 25.6. The molecule has 2 aromatic heterocycles. The van der Waals surface area contributed by atoms with Crippen LogP contribution in [0.25, 0.3) is 26.6 Å². The number of nitrogens with zero attached hydrogens (tertiary/aromatic N) is 4. The summed E-state index contributed by atoms with van der Waals surface area (Å²) in [6, 6.07) is 7.05. The molecule has 0 aliphatic heterocycles. The second-order valence-corrected chi connectivity index (χ2v) is 9.10. The smallest absolute Gasteiger partial charge is 0.342 e. The zero-order valence-corrected chi connectivity index (χ0v) is 20.6. The Morgan fingerprint density at radius 1 is 1.11 bits per heavy atom. The fraction of sp³-hybridized carbons (Fsp3) is 0.292. The molecule has 0 aliphatic carbocycles. The number of fused-ring (bicyclic) bond motifs is 1. The molecule has 0 saturated heterocycles. The average molecular weight is 522 g/mol. The highest BCUT2D eigenvalue weighted by Gasteiger charge is 2.33. The Kier molecular flexibility index (Phi) is 7.55. The number of para-hydroxylation sites is 1. The molecular formula is C24H23F4N5O2S. The molecule has 1 N–H and O–H groups in total. The Balaban J connectivity index is 1.87. The fourth-order valence-electron chi connectivity index (χ4n) is 3.65. The van der Waals surface area contributed by atoms with Gasteiger partial charge in [0.2, 0.25) is 5.13 Å². The third kappa shape index (κ3) is 4.78. The quantitative estimate of drug-likeness (QED) is 0.141. The molecule has 0 aliphatic rings. The van der Waals surface area contributed by atoms with E-state index in [-0.39, 0.29) is 23.8 Å². The van der Waals surface area contributed by atoms with Crippen molar-refractivity contribution in [1.29, 1.82) is 0 Å². The van der Waals surface area contributed by atoms with Crippen LogP contribution >= 0.6 is 11.3 Å². The lowest BCUT2D eigenvalue weighted by Gasteiger charge is -2.16. The van der Waals surface area contributed by atoms with Crippen LogP contribution in [0.1, 0.15) is 23.7 Å². The summed E-state index contributed by atoms with van der Waals surface area (Å²) in [6.45, 7) is 2.20. The van der Waals surface area contributed by atoms with E-state index in [0.717, 1.165) is 26.9 Å². The van der Waals surface area contributed by atoms with Gasteiger partial charge in [-0.1, -0.05) is 23.5 Å². The summed E-state index contributed by atoms with van der Waals surface area (Å²) < 4.78 is 67.6. The number of esters is 1. The van der Waals surface area contributed by atoms with E-state index in [2.05, 4.69) is 15.4 Å². The molecule has 2 aromatic carbocycles. The normalized spacial score (nSPS) is 11.4. The van der Waals surface area contributed by atoms with Gasteiger partial charge >= 0.3 is 5.97 Å². The number of ether oxygens (including phenoxy) is 1. The molecule has 190 valence electrons. The maximum Gasteiger partial charge on any atom is 0.342 e. The lowest BCUT2D eigenvalue weighted by atomic mass is 10.0. The predicted molar refractivity (Wildman–Crippen MR) is 130 cm³/mol. The van der Waals surface area contributed by atoms with Crippen LogP contribution < -0.4 is 5.32 Å². The number of aromatic nitrogens is 3. The summed E-state index contributed by atoms with van der Waals surface area (Å²) in [7, 11) is 3.65. The second kappa shape index (κ2) is 10.6. The van der Waals surface area contributed by atoms with Gasteiger partial charge in [-0.15, -0.1) is 0 Å². The average Bonchev–Trinajstić information content (AvgIpc) is 3.47. The van der Waals surface area contributed by atoms with Crippen LogP contribution in [0.5, 0.6) is 0 Å². The number of carbonyl (C=O) groups excluding carboxylic acids is 1.